The van der Waals surface area contributed by atoms with Gasteiger partial charge in [-0.05, 0) is 45.0 Å². The van der Waals surface area contributed by atoms with Crippen LogP contribution in [-0.2, 0) is 20.0 Å². The van der Waals surface area contributed by atoms with E-state index in [2.05, 4.69) is 0 Å². The smallest absolute Gasteiger partial charge is 0.207 e. The summed E-state index contributed by atoms with van der Waals surface area (Å²) in [7, 11) is -8.44. The average Bonchev–Trinajstić information content (AvgIpc) is 2.78. The molecule has 30 heavy (non-hydrogen) atoms. The second kappa shape index (κ2) is 7.99. The number of benzene rings is 2. The van der Waals surface area contributed by atoms with Gasteiger partial charge in [0, 0.05) is 12.6 Å². The first-order chi connectivity index (χ1) is 13.8. The number of rotatable bonds is 4. The van der Waals surface area contributed by atoms with E-state index in [-0.39, 0.29) is 16.3 Å². The van der Waals surface area contributed by atoms with Crippen molar-refractivity contribution >= 4 is 20.0 Å². The number of alkyl halides is 2. The Hall–Kier alpha value is -1.88. The first-order valence-corrected chi connectivity index (χ1v) is 12.2. The van der Waals surface area contributed by atoms with Crippen molar-refractivity contribution in [3.63, 3.8) is 0 Å². The van der Waals surface area contributed by atoms with Crippen molar-refractivity contribution in [2.24, 2.45) is 0 Å². The Kier molecular flexibility index (Phi) is 6.07. The SMILES string of the molecule is Cc1ccc(S(=O)(=O)N2C[C@@H](C)N(S(=O)(=O)c3ccc(C)cc3)CC(F)(F)C2)cc1. The summed E-state index contributed by atoms with van der Waals surface area (Å²) in [4.78, 5) is -0.212. The summed E-state index contributed by atoms with van der Waals surface area (Å²) in [5.74, 6) is -3.56. The number of sulfonamides is 2. The van der Waals surface area contributed by atoms with Crippen LogP contribution in [0, 0.1) is 13.8 Å². The van der Waals surface area contributed by atoms with Gasteiger partial charge in [0.1, 0.15) is 0 Å². The van der Waals surface area contributed by atoms with Crippen LogP contribution in [0.2, 0.25) is 0 Å². The van der Waals surface area contributed by atoms with Crippen LogP contribution in [0.1, 0.15) is 18.1 Å². The van der Waals surface area contributed by atoms with Gasteiger partial charge in [-0.1, -0.05) is 35.4 Å². The average molecular weight is 459 g/mol. The third kappa shape index (κ3) is 4.56. The molecule has 6 nitrogen and oxygen atoms in total. The van der Waals surface area contributed by atoms with E-state index in [4.69, 9.17) is 0 Å². The number of nitrogens with zero attached hydrogens (tertiary/aromatic N) is 2. The van der Waals surface area contributed by atoms with E-state index >= 15 is 0 Å². The molecule has 1 aliphatic rings. The van der Waals surface area contributed by atoms with Crippen LogP contribution >= 0.6 is 0 Å². The summed E-state index contributed by atoms with van der Waals surface area (Å²) >= 11 is 0. The van der Waals surface area contributed by atoms with Gasteiger partial charge < -0.3 is 0 Å². The Labute approximate surface area is 176 Å². The van der Waals surface area contributed by atoms with Crippen molar-refractivity contribution in [2.45, 2.75) is 42.5 Å². The molecule has 0 amide bonds. The molecule has 1 atom stereocenters. The van der Waals surface area contributed by atoms with Crippen molar-refractivity contribution in [1.29, 1.82) is 0 Å². The van der Waals surface area contributed by atoms with Gasteiger partial charge in [0.05, 0.1) is 22.9 Å². The minimum Gasteiger partial charge on any atom is -0.207 e. The van der Waals surface area contributed by atoms with Crippen LogP contribution in [0.4, 0.5) is 8.78 Å². The van der Waals surface area contributed by atoms with E-state index in [1.54, 1.807) is 38.1 Å². The van der Waals surface area contributed by atoms with Gasteiger partial charge in [0.15, 0.2) is 0 Å². The van der Waals surface area contributed by atoms with Gasteiger partial charge in [-0.15, -0.1) is 0 Å². The predicted octanol–water partition coefficient (Wildman–Crippen LogP) is 3.02. The maximum Gasteiger partial charge on any atom is 0.275 e. The number of hydrogen-bond acceptors (Lipinski definition) is 4. The van der Waals surface area contributed by atoms with Gasteiger partial charge in [-0.3, -0.25) is 0 Å². The van der Waals surface area contributed by atoms with Gasteiger partial charge >= 0.3 is 0 Å². The van der Waals surface area contributed by atoms with E-state index in [0.29, 0.717) is 8.61 Å². The molecule has 10 heteroatoms. The summed E-state index contributed by atoms with van der Waals surface area (Å²) in [6.07, 6.45) is 0. The summed E-state index contributed by atoms with van der Waals surface area (Å²) < 4.78 is 82.9. The van der Waals surface area contributed by atoms with E-state index in [0.717, 1.165) is 11.1 Å². The minimum atomic E-state index is -4.23. The molecule has 2 aromatic carbocycles. The fraction of sp³-hybridized carbons (Fsp3) is 0.400. The number of aryl methyl sites for hydroxylation is 2. The maximum absolute atomic E-state index is 14.7. The second-order valence-corrected chi connectivity index (χ2v) is 11.5. The molecule has 1 aliphatic heterocycles. The molecule has 1 fully saturated rings. The zero-order chi connectivity index (χ0) is 22.3. The van der Waals surface area contributed by atoms with Crippen molar-refractivity contribution < 1.29 is 25.6 Å². The largest absolute Gasteiger partial charge is 0.275 e. The third-order valence-corrected chi connectivity index (χ3v) is 8.84. The summed E-state index contributed by atoms with van der Waals surface area (Å²) in [6.45, 7) is 2.44. The van der Waals surface area contributed by atoms with Gasteiger partial charge in [0.25, 0.3) is 5.92 Å². The summed E-state index contributed by atoms with van der Waals surface area (Å²) in [6, 6.07) is 10.8. The first-order valence-electron chi connectivity index (χ1n) is 9.36. The Morgan fingerprint density at radius 1 is 0.800 bits per heavy atom. The molecule has 0 saturated carbocycles. The Bertz CT molecular complexity index is 1120. The molecule has 0 radical (unpaired) electrons. The highest BCUT2D eigenvalue weighted by Gasteiger charge is 2.47. The normalized spacial score (nSPS) is 21.3. The second-order valence-electron chi connectivity index (χ2n) is 7.68. The monoisotopic (exact) mass is 458 g/mol. The number of hydrogen-bond donors (Lipinski definition) is 0. The molecule has 0 aliphatic carbocycles. The van der Waals surface area contributed by atoms with Gasteiger partial charge in [-0.2, -0.15) is 8.61 Å². The Balaban J connectivity index is 1.97. The molecule has 3 rings (SSSR count). The summed E-state index contributed by atoms with van der Waals surface area (Å²) in [5.41, 5.74) is 1.66. The zero-order valence-corrected chi connectivity index (χ0v) is 18.6. The minimum absolute atomic E-state index is 0.106. The molecule has 0 bridgehead atoms. The molecule has 0 spiro atoms. The van der Waals surface area contributed by atoms with Crippen LogP contribution in [-0.4, -0.2) is 57.0 Å². The van der Waals surface area contributed by atoms with E-state index in [9.17, 15) is 25.6 Å². The first kappa shape index (κ1) is 22.8. The molecule has 2 aromatic rings. The lowest BCUT2D eigenvalue weighted by atomic mass is 10.2. The fourth-order valence-corrected chi connectivity index (χ4v) is 6.55. The predicted molar refractivity (Wildman–Crippen MR) is 109 cm³/mol. The molecular formula is C20H24F2N2O4S2. The number of halogens is 2. The standard InChI is InChI=1S/C20H24F2N2O4S2/c1-15-4-8-18(9-5-15)29(25,26)23-12-17(3)24(14-20(21,22)13-23)30(27,28)19-10-6-16(2)7-11-19/h4-11,17H,12-14H2,1-3H3/t17-/m1/s1. The van der Waals surface area contributed by atoms with Crippen LogP contribution in [0.5, 0.6) is 0 Å². The van der Waals surface area contributed by atoms with E-state index in [1.807, 2.05) is 0 Å². The summed E-state index contributed by atoms with van der Waals surface area (Å²) in [5, 5.41) is 0. The lowest BCUT2D eigenvalue weighted by Gasteiger charge is -2.28. The lowest BCUT2D eigenvalue weighted by molar-refractivity contribution is -0.0169. The van der Waals surface area contributed by atoms with Gasteiger partial charge in [0.2, 0.25) is 20.0 Å². The highest BCUT2D eigenvalue weighted by molar-refractivity contribution is 7.89. The van der Waals surface area contributed by atoms with Crippen LogP contribution in [0.15, 0.2) is 58.3 Å². The maximum atomic E-state index is 14.7. The van der Waals surface area contributed by atoms with Gasteiger partial charge in [-0.25, -0.2) is 25.6 Å². The molecule has 1 saturated heterocycles. The Morgan fingerprint density at radius 2 is 1.23 bits per heavy atom. The molecular weight excluding hydrogens is 434 g/mol. The van der Waals surface area contributed by atoms with Crippen molar-refractivity contribution in [3.8, 4) is 0 Å². The lowest BCUT2D eigenvalue weighted by Crippen LogP contribution is -2.45. The molecule has 1 heterocycles. The third-order valence-electron chi connectivity index (χ3n) is 5.04. The zero-order valence-electron chi connectivity index (χ0n) is 16.9. The van der Waals surface area contributed by atoms with Crippen LogP contribution in [0.3, 0.4) is 0 Å². The van der Waals surface area contributed by atoms with Crippen LogP contribution in [0.25, 0.3) is 0 Å². The van der Waals surface area contributed by atoms with E-state index < -0.39 is 45.1 Å². The Morgan fingerprint density at radius 3 is 1.70 bits per heavy atom. The highest BCUT2D eigenvalue weighted by atomic mass is 32.2. The van der Waals surface area contributed by atoms with E-state index in [1.165, 1.54) is 31.2 Å². The van der Waals surface area contributed by atoms with Crippen molar-refractivity contribution in [3.05, 3.63) is 59.7 Å². The molecule has 164 valence electrons. The molecule has 0 aromatic heterocycles. The van der Waals surface area contributed by atoms with Crippen molar-refractivity contribution in [2.75, 3.05) is 19.6 Å². The topological polar surface area (TPSA) is 74.8 Å². The quantitative estimate of drug-likeness (QED) is 0.706. The van der Waals surface area contributed by atoms with Crippen molar-refractivity contribution in [1.82, 2.24) is 8.61 Å². The highest BCUT2D eigenvalue weighted by Crippen LogP contribution is 2.31. The van der Waals surface area contributed by atoms with Crippen LogP contribution < -0.4 is 0 Å². The molecule has 0 N–H and O–H groups in total. The molecule has 0 unspecified atom stereocenters. The fourth-order valence-electron chi connectivity index (χ4n) is 3.35.